The number of amidine groups is 1. The Morgan fingerprint density at radius 2 is 2.29 bits per heavy atom. The molecule has 2 rings (SSSR count). The standard InChI is InChI=1S/C16H15N5O2S/c1-24-16(20-10-17)21-14-7-12(15(22)23)4-5-13(14)19-9-11-3-2-6-18-8-11/h2-8,19H,9H2,1H3,(H,20,21)(H,22,23). The number of aliphatic imine (C=N–C) groups is 1. The summed E-state index contributed by atoms with van der Waals surface area (Å²) < 4.78 is 0. The molecule has 0 unspecified atom stereocenters. The first-order valence-electron chi connectivity index (χ1n) is 6.92. The van der Waals surface area contributed by atoms with E-state index in [4.69, 9.17) is 10.4 Å². The van der Waals surface area contributed by atoms with Crippen molar-refractivity contribution in [3.63, 3.8) is 0 Å². The number of nitriles is 1. The SMILES string of the molecule is CSC(=Nc1cc(C(=O)O)ccc1NCc1cccnc1)NC#N. The zero-order chi connectivity index (χ0) is 17.4. The number of benzene rings is 1. The van der Waals surface area contributed by atoms with E-state index in [0.29, 0.717) is 23.1 Å². The quantitative estimate of drug-likeness (QED) is 0.332. The smallest absolute Gasteiger partial charge is 0.335 e. The molecule has 7 nitrogen and oxygen atoms in total. The summed E-state index contributed by atoms with van der Waals surface area (Å²) in [6, 6.07) is 8.39. The summed E-state index contributed by atoms with van der Waals surface area (Å²) in [6.45, 7) is 0.517. The van der Waals surface area contributed by atoms with Gasteiger partial charge in [0.2, 0.25) is 0 Å². The number of pyridine rings is 1. The molecule has 1 aromatic heterocycles. The summed E-state index contributed by atoms with van der Waals surface area (Å²) >= 11 is 1.26. The summed E-state index contributed by atoms with van der Waals surface area (Å²) in [7, 11) is 0. The molecule has 0 spiro atoms. The van der Waals surface area contributed by atoms with Gasteiger partial charge < -0.3 is 10.4 Å². The number of aromatic carboxylic acids is 1. The highest BCUT2D eigenvalue weighted by atomic mass is 32.2. The molecule has 8 heteroatoms. The van der Waals surface area contributed by atoms with Crippen LogP contribution in [0.4, 0.5) is 11.4 Å². The zero-order valence-corrected chi connectivity index (χ0v) is 13.7. The first kappa shape index (κ1) is 17.3. The van der Waals surface area contributed by atoms with Crippen molar-refractivity contribution in [3.05, 3.63) is 53.9 Å². The van der Waals surface area contributed by atoms with Gasteiger partial charge in [-0.1, -0.05) is 17.8 Å². The highest BCUT2D eigenvalue weighted by molar-refractivity contribution is 8.13. The van der Waals surface area contributed by atoms with Gasteiger partial charge in [0.15, 0.2) is 11.4 Å². The first-order valence-corrected chi connectivity index (χ1v) is 8.14. The van der Waals surface area contributed by atoms with Crippen molar-refractivity contribution in [1.82, 2.24) is 10.3 Å². The second-order valence-electron chi connectivity index (χ2n) is 4.61. The van der Waals surface area contributed by atoms with Gasteiger partial charge in [-0.2, -0.15) is 5.26 Å². The molecule has 0 fully saturated rings. The van der Waals surface area contributed by atoms with E-state index in [1.54, 1.807) is 24.7 Å². The average Bonchev–Trinajstić information content (AvgIpc) is 2.60. The molecule has 0 aliphatic carbocycles. The average molecular weight is 341 g/mol. The highest BCUT2D eigenvalue weighted by Gasteiger charge is 2.09. The fourth-order valence-electron chi connectivity index (χ4n) is 1.89. The number of carbonyl (C=O) groups is 1. The molecule has 2 aromatic rings. The third kappa shape index (κ3) is 4.72. The molecule has 0 aliphatic rings. The Balaban J connectivity index is 2.32. The van der Waals surface area contributed by atoms with E-state index in [-0.39, 0.29) is 5.56 Å². The first-order chi connectivity index (χ1) is 11.6. The van der Waals surface area contributed by atoms with Crippen LogP contribution in [0, 0.1) is 11.5 Å². The molecule has 3 N–H and O–H groups in total. The van der Waals surface area contributed by atoms with Crippen molar-refractivity contribution in [1.29, 1.82) is 5.26 Å². The van der Waals surface area contributed by atoms with Crippen LogP contribution in [0.25, 0.3) is 0 Å². The fraction of sp³-hybridized carbons (Fsp3) is 0.125. The number of nitrogens with zero attached hydrogens (tertiary/aromatic N) is 3. The largest absolute Gasteiger partial charge is 0.478 e. The van der Waals surface area contributed by atoms with Crippen molar-refractivity contribution >= 4 is 34.3 Å². The molecule has 0 amide bonds. The van der Waals surface area contributed by atoms with Gasteiger partial charge in [-0.15, -0.1) is 0 Å². The number of aromatic nitrogens is 1. The fourth-order valence-corrected chi connectivity index (χ4v) is 2.23. The number of thioether (sulfide) groups is 1. The maximum Gasteiger partial charge on any atom is 0.335 e. The minimum absolute atomic E-state index is 0.123. The van der Waals surface area contributed by atoms with Crippen molar-refractivity contribution in [3.8, 4) is 6.19 Å². The van der Waals surface area contributed by atoms with Gasteiger partial charge >= 0.3 is 5.97 Å². The van der Waals surface area contributed by atoms with Gasteiger partial charge in [-0.3, -0.25) is 10.3 Å². The molecular weight excluding hydrogens is 326 g/mol. The Morgan fingerprint density at radius 1 is 1.46 bits per heavy atom. The van der Waals surface area contributed by atoms with Gasteiger partial charge in [-0.25, -0.2) is 9.79 Å². The molecule has 0 radical (unpaired) electrons. The van der Waals surface area contributed by atoms with Gasteiger partial charge in [0, 0.05) is 18.9 Å². The molecule has 1 heterocycles. The number of anilines is 1. The maximum atomic E-state index is 11.2. The van der Waals surface area contributed by atoms with Crippen LogP contribution < -0.4 is 10.6 Å². The summed E-state index contributed by atoms with van der Waals surface area (Å²) in [5, 5.41) is 23.9. The van der Waals surface area contributed by atoms with Gasteiger partial charge in [-0.05, 0) is 36.1 Å². The van der Waals surface area contributed by atoms with Crippen LogP contribution in [-0.2, 0) is 6.54 Å². The van der Waals surface area contributed by atoms with E-state index in [1.807, 2.05) is 18.3 Å². The Bertz CT molecular complexity index is 787. The van der Waals surface area contributed by atoms with Crippen molar-refractivity contribution < 1.29 is 9.90 Å². The molecule has 1 aromatic carbocycles. The molecule has 24 heavy (non-hydrogen) atoms. The predicted octanol–water partition coefficient (Wildman–Crippen LogP) is 2.81. The lowest BCUT2D eigenvalue weighted by Gasteiger charge is -2.11. The number of hydrogen-bond donors (Lipinski definition) is 3. The van der Waals surface area contributed by atoms with Crippen molar-refractivity contribution in [2.24, 2.45) is 4.99 Å². The summed E-state index contributed by atoms with van der Waals surface area (Å²) in [6.07, 6.45) is 7.01. The summed E-state index contributed by atoms with van der Waals surface area (Å²) in [4.78, 5) is 19.5. The van der Waals surface area contributed by atoms with Crippen LogP contribution in [0.1, 0.15) is 15.9 Å². The maximum absolute atomic E-state index is 11.2. The number of carboxylic acid groups (broad SMARTS) is 1. The zero-order valence-electron chi connectivity index (χ0n) is 12.9. The molecule has 0 atom stereocenters. The lowest BCUT2D eigenvalue weighted by molar-refractivity contribution is 0.0697. The van der Waals surface area contributed by atoms with Gasteiger partial charge in [0.05, 0.1) is 16.9 Å². The van der Waals surface area contributed by atoms with Crippen LogP contribution in [0.2, 0.25) is 0 Å². The molecule has 0 saturated carbocycles. The lowest BCUT2D eigenvalue weighted by Crippen LogP contribution is -2.12. The van der Waals surface area contributed by atoms with Crippen LogP contribution in [0.3, 0.4) is 0 Å². The van der Waals surface area contributed by atoms with E-state index >= 15 is 0 Å². The molecule has 0 bridgehead atoms. The molecule has 0 saturated heterocycles. The minimum atomic E-state index is -1.04. The monoisotopic (exact) mass is 341 g/mol. The Kier molecular flexibility index (Phi) is 6.16. The van der Waals surface area contributed by atoms with Crippen LogP contribution in [-0.4, -0.2) is 27.5 Å². The van der Waals surface area contributed by atoms with Crippen molar-refractivity contribution in [2.75, 3.05) is 11.6 Å². The van der Waals surface area contributed by atoms with E-state index in [1.165, 1.54) is 23.9 Å². The van der Waals surface area contributed by atoms with E-state index in [2.05, 4.69) is 20.6 Å². The summed E-state index contributed by atoms with van der Waals surface area (Å²) in [5.41, 5.74) is 2.20. The third-order valence-electron chi connectivity index (χ3n) is 3.03. The molecule has 0 aliphatic heterocycles. The topological polar surface area (TPSA) is 110 Å². The van der Waals surface area contributed by atoms with Gasteiger partial charge in [0.25, 0.3) is 0 Å². The van der Waals surface area contributed by atoms with E-state index < -0.39 is 5.97 Å². The number of rotatable bonds is 5. The minimum Gasteiger partial charge on any atom is -0.478 e. The highest BCUT2D eigenvalue weighted by Crippen LogP contribution is 2.28. The Morgan fingerprint density at radius 3 is 2.92 bits per heavy atom. The van der Waals surface area contributed by atoms with Crippen LogP contribution in [0.5, 0.6) is 0 Å². The van der Waals surface area contributed by atoms with Gasteiger partial charge in [0.1, 0.15) is 0 Å². The molecule has 122 valence electrons. The third-order valence-corrected chi connectivity index (χ3v) is 3.61. The Labute approximate surface area is 143 Å². The van der Waals surface area contributed by atoms with Crippen molar-refractivity contribution in [2.45, 2.75) is 6.54 Å². The second kappa shape index (κ2) is 8.55. The number of hydrogen-bond acceptors (Lipinski definition) is 6. The second-order valence-corrected chi connectivity index (χ2v) is 5.40. The van der Waals surface area contributed by atoms with E-state index in [0.717, 1.165) is 5.56 Å². The van der Waals surface area contributed by atoms with Crippen LogP contribution >= 0.6 is 11.8 Å². The van der Waals surface area contributed by atoms with E-state index in [9.17, 15) is 4.79 Å². The van der Waals surface area contributed by atoms with Crippen LogP contribution in [0.15, 0.2) is 47.7 Å². The lowest BCUT2D eigenvalue weighted by atomic mass is 10.1. The normalized spacial score (nSPS) is 10.8. The number of nitrogens with one attached hydrogen (secondary N) is 2. The Hall–Kier alpha value is -3.05. The number of carboxylic acids is 1. The predicted molar refractivity (Wildman–Crippen MR) is 94.3 cm³/mol. The summed E-state index contributed by atoms with van der Waals surface area (Å²) in [5.74, 6) is -1.04. The molecular formula is C16H15N5O2S.